The Balaban J connectivity index is 1.48. The van der Waals surface area contributed by atoms with E-state index in [1.807, 2.05) is 11.0 Å². The number of benzene rings is 1. The highest BCUT2D eigenvalue weighted by molar-refractivity contribution is 7.18. The molecule has 1 aliphatic rings. The number of carbonyl (C=O) groups excluding carboxylic acids is 1. The van der Waals surface area contributed by atoms with E-state index in [1.165, 1.54) is 21.6 Å². The molecule has 25 heavy (non-hydrogen) atoms. The maximum absolute atomic E-state index is 12.6. The number of amides is 1. The zero-order chi connectivity index (χ0) is 17.4. The van der Waals surface area contributed by atoms with Gasteiger partial charge in [-0.1, -0.05) is 24.3 Å². The molecule has 0 bridgehead atoms. The standard InChI is InChI=1S/C19H20N4OS/c1-12-13(2)25-19-17(12)18(21-11-22-19)20-9-16(24)23-8-7-14-5-3-4-6-15(14)10-23/h3-6,11H,7-10H2,1-2H3,(H,20,21,22). The largest absolute Gasteiger partial charge is 0.360 e. The first-order valence-electron chi connectivity index (χ1n) is 8.42. The number of thiophene rings is 1. The molecule has 0 atom stereocenters. The van der Waals surface area contributed by atoms with E-state index in [2.05, 4.69) is 47.3 Å². The number of anilines is 1. The van der Waals surface area contributed by atoms with Crippen LogP contribution in [0.4, 0.5) is 5.82 Å². The number of aromatic nitrogens is 2. The molecule has 0 spiro atoms. The van der Waals surface area contributed by atoms with Crippen LogP contribution in [0.25, 0.3) is 10.2 Å². The normalized spacial score (nSPS) is 13.8. The van der Waals surface area contributed by atoms with Crippen LogP contribution in [0.15, 0.2) is 30.6 Å². The highest BCUT2D eigenvalue weighted by atomic mass is 32.1. The molecule has 0 aliphatic carbocycles. The predicted molar refractivity (Wildman–Crippen MR) is 101 cm³/mol. The molecule has 4 rings (SSSR count). The Morgan fingerprint density at radius 2 is 2.04 bits per heavy atom. The van der Waals surface area contributed by atoms with Crippen LogP contribution in [0.5, 0.6) is 0 Å². The molecule has 1 amide bonds. The summed E-state index contributed by atoms with van der Waals surface area (Å²) in [4.78, 5) is 25.4. The third-order valence-corrected chi connectivity index (χ3v) is 5.97. The Morgan fingerprint density at radius 3 is 2.88 bits per heavy atom. The van der Waals surface area contributed by atoms with Crippen molar-refractivity contribution in [2.75, 3.05) is 18.4 Å². The smallest absolute Gasteiger partial charge is 0.242 e. The predicted octanol–water partition coefficient (Wildman–Crippen LogP) is 3.30. The Kier molecular flexibility index (Phi) is 4.13. The van der Waals surface area contributed by atoms with Crippen LogP contribution in [-0.2, 0) is 17.8 Å². The number of fused-ring (bicyclic) bond motifs is 2. The topological polar surface area (TPSA) is 58.1 Å². The minimum absolute atomic E-state index is 0.103. The Morgan fingerprint density at radius 1 is 1.24 bits per heavy atom. The monoisotopic (exact) mass is 352 g/mol. The summed E-state index contributed by atoms with van der Waals surface area (Å²) in [6.45, 7) is 5.87. The maximum Gasteiger partial charge on any atom is 0.242 e. The van der Waals surface area contributed by atoms with Crippen LogP contribution in [0.1, 0.15) is 21.6 Å². The first kappa shape index (κ1) is 16.0. The van der Waals surface area contributed by atoms with E-state index in [0.29, 0.717) is 6.54 Å². The SMILES string of the molecule is Cc1sc2ncnc(NCC(=O)N3CCc4ccccc4C3)c2c1C. The van der Waals surface area contributed by atoms with E-state index in [1.54, 1.807) is 17.7 Å². The van der Waals surface area contributed by atoms with Crippen molar-refractivity contribution in [3.63, 3.8) is 0 Å². The van der Waals surface area contributed by atoms with Crippen LogP contribution < -0.4 is 5.32 Å². The highest BCUT2D eigenvalue weighted by Crippen LogP contribution is 2.32. The van der Waals surface area contributed by atoms with Gasteiger partial charge in [0.2, 0.25) is 5.91 Å². The molecule has 6 heteroatoms. The second kappa shape index (κ2) is 6.44. The van der Waals surface area contributed by atoms with E-state index in [-0.39, 0.29) is 12.5 Å². The number of hydrogen-bond donors (Lipinski definition) is 1. The summed E-state index contributed by atoms with van der Waals surface area (Å²) in [7, 11) is 0. The molecule has 5 nitrogen and oxygen atoms in total. The van der Waals surface area contributed by atoms with Crippen LogP contribution in [0.2, 0.25) is 0 Å². The van der Waals surface area contributed by atoms with E-state index < -0.39 is 0 Å². The lowest BCUT2D eigenvalue weighted by molar-refractivity contribution is -0.130. The molecular weight excluding hydrogens is 332 g/mol. The van der Waals surface area contributed by atoms with Gasteiger partial charge in [-0.2, -0.15) is 0 Å². The Hall–Kier alpha value is -2.47. The van der Waals surface area contributed by atoms with Crippen molar-refractivity contribution in [2.45, 2.75) is 26.8 Å². The molecule has 2 aromatic heterocycles. The second-order valence-electron chi connectivity index (χ2n) is 6.37. The van der Waals surface area contributed by atoms with Crippen molar-refractivity contribution in [3.05, 3.63) is 52.2 Å². The molecule has 0 unspecified atom stereocenters. The summed E-state index contributed by atoms with van der Waals surface area (Å²) in [5.74, 6) is 0.850. The minimum atomic E-state index is 0.103. The molecular formula is C19H20N4OS. The summed E-state index contributed by atoms with van der Waals surface area (Å²) in [5, 5.41) is 4.26. The first-order chi connectivity index (χ1) is 12.1. The van der Waals surface area contributed by atoms with Crippen molar-refractivity contribution in [1.82, 2.24) is 14.9 Å². The van der Waals surface area contributed by atoms with Gasteiger partial charge in [-0.05, 0) is 37.0 Å². The quantitative estimate of drug-likeness (QED) is 0.786. The molecule has 3 heterocycles. The van der Waals surface area contributed by atoms with Gasteiger partial charge in [-0.3, -0.25) is 4.79 Å². The van der Waals surface area contributed by atoms with Gasteiger partial charge in [0.05, 0.1) is 11.9 Å². The minimum Gasteiger partial charge on any atom is -0.360 e. The third kappa shape index (κ3) is 2.98. The lowest BCUT2D eigenvalue weighted by atomic mass is 10.00. The lowest BCUT2D eigenvalue weighted by Gasteiger charge is -2.29. The molecule has 0 radical (unpaired) electrons. The Bertz CT molecular complexity index is 950. The van der Waals surface area contributed by atoms with Gasteiger partial charge in [0.1, 0.15) is 17.0 Å². The molecule has 1 N–H and O–H groups in total. The van der Waals surface area contributed by atoms with E-state index in [4.69, 9.17) is 0 Å². The number of nitrogens with zero attached hydrogens (tertiary/aromatic N) is 3. The van der Waals surface area contributed by atoms with Gasteiger partial charge in [-0.15, -0.1) is 11.3 Å². The molecule has 0 saturated heterocycles. The molecule has 0 fully saturated rings. The average Bonchev–Trinajstić information content (AvgIpc) is 2.94. The molecule has 1 aromatic carbocycles. The van der Waals surface area contributed by atoms with Gasteiger partial charge in [0.15, 0.2) is 0 Å². The van der Waals surface area contributed by atoms with Crippen molar-refractivity contribution >= 4 is 33.3 Å². The van der Waals surface area contributed by atoms with Crippen LogP contribution >= 0.6 is 11.3 Å². The van der Waals surface area contributed by atoms with Gasteiger partial charge in [0.25, 0.3) is 0 Å². The summed E-state index contributed by atoms with van der Waals surface area (Å²) in [5.41, 5.74) is 3.78. The molecule has 128 valence electrons. The fourth-order valence-corrected chi connectivity index (χ4v) is 4.29. The fourth-order valence-electron chi connectivity index (χ4n) is 3.30. The first-order valence-corrected chi connectivity index (χ1v) is 9.24. The summed E-state index contributed by atoms with van der Waals surface area (Å²) < 4.78 is 0. The van der Waals surface area contributed by atoms with Gasteiger partial charge < -0.3 is 10.2 Å². The van der Waals surface area contributed by atoms with Crippen LogP contribution in [0.3, 0.4) is 0 Å². The molecule has 0 saturated carbocycles. The number of aryl methyl sites for hydroxylation is 2. The van der Waals surface area contributed by atoms with Crippen molar-refractivity contribution in [2.24, 2.45) is 0 Å². The number of rotatable bonds is 3. The van der Waals surface area contributed by atoms with Gasteiger partial charge in [0, 0.05) is 18.0 Å². The Labute approximate surface area is 150 Å². The zero-order valence-corrected chi connectivity index (χ0v) is 15.2. The highest BCUT2D eigenvalue weighted by Gasteiger charge is 2.20. The van der Waals surface area contributed by atoms with E-state index in [0.717, 1.165) is 29.0 Å². The average molecular weight is 352 g/mol. The molecule has 1 aliphatic heterocycles. The molecule has 3 aromatic rings. The fraction of sp³-hybridized carbons (Fsp3) is 0.316. The zero-order valence-electron chi connectivity index (χ0n) is 14.4. The summed E-state index contributed by atoms with van der Waals surface area (Å²) >= 11 is 1.66. The number of carbonyl (C=O) groups is 1. The third-order valence-electron chi connectivity index (χ3n) is 4.86. The van der Waals surface area contributed by atoms with Gasteiger partial charge in [-0.25, -0.2) is 9.97 Å². The summed E-state index contributed by atoms with van der Waals surface area (Å²) in [6.07, 6.45) is 2.48. The van der Waals surface area contributed by atoms with Crippen molar-refractivity contribution in [3.8, 4) is 0 Å². The number of nitrogens with one attached hydrogen (secondary N) is 1. The van der Waals surface area contributed by atoms with Crippen LogP contribution in [-0.4, -0.2) is 33.9 Å². The van der Waals surface area contributed by atoms with Gasteiger partial charge >= 0.3 is 0 Å². The maximum atomic E-state index is 12.6. The van der Waals surface area contributed by atoms with Crippen molar-refractivity contribution < 1.29 is 4.79 Å². The van der Waals surface area contributed by atoms with E-state index >= 15 is 0 Å². The number of hydrogen-bond acceptors (Lipinski definition) is 5. The summed E-state index contributed by atoms with van der Waals surface area (Å²) in [6, 6.07) is 8.34. The van der Waals surface area contributed by atoms with E-state index in [9.17, 15) is 4.79 Å². The van der Waals surface area contributed by atoms with Crippen molar-refractivity contribution in [1.29, 1.82) is 0 Å². The second-order valence-corrected chi connectivity index (χ2v) is 7.58. The lowest BCUT2D eigenvalue weighted by Crippen LogP contribution is -2.39. The van der Waals surface area contributed by atoms with Crippen LogP contribution in [0, 0.1) is 13.8 Å².